The zero-order valence-corrected chi connectivity index (χ0v) is 12.5. The van der Waals surface area contributed by atoms with Crippen molar-refractivity contribution in [1.29, 1.82) is 0 Å². The first kappa shape index (κ1) is 16.7. The SMILES string of the molecule is CCN(CCC(=O)OC)C(=O)c1ccc(NC(C)=O)cc1. The standard InChI is InChI=1S/C15H20N2O4/c1-4-17(10-9-14(19)21-3)15(20)12-5-7-13(8-6-12)16-11(2)18/h5-8H,4,9-10H2,1-3H3,(H,16,18). The van der Waals surface area contributed by atoms with Crippen LogP contribution in [0, 0.1) is 0 Å². The molecule has 0 bridgehead atoms. The molecule has 6 heteroatoms. The van der Waals surface area contributed by atoms with Crippen molar-refractivity contribution in [2.75, 3.05) is 25.5 Å². The summed E-state index contributed by atoms with van der Waals surface area (Å²) in [6.07, 6.45) is 0.167. The fraction of sp³-hybridized carbons (Fsp3) is 0.400. The second-order valence-corrected chi connectivity index (χ2v) is 4.47. The molecule has 0 saturated carbocycles. The van der Waals surface area contributed by atoms with Gasteiger partial charge in [-0.2, -0.15) is 0 Å². The van der Waals surface area contributed by atoms with E-state index in [2.05, 4.69) is 10.1 Å². The van der Waals surface area contributed by atoms with Gasteiger partial charge in [0.15, 0.2) is 0 Å². The molecule has 1 rings (SSSR count). The molecule has 0 heterocycles. The maximum atomic E-state index is 12.3. The van der Waals surface area contributed by atoms with Gasteiger partial charge in [-0.1, -0.05) is 0 Å². The van der Waals surface area contributed by atoms with Gasteiger partial charge in [0.2, 0.25) is 5.91 Å². The quantitative estimate of drug-likeness (QED) is 0.809. The van der Waals surface area contributed by atoms with Gasteiger partial charge in [0.1, 0.15) is 0 Å². The summed E-state index contributed by atoms with van der Waals surface area (Å²) in [5.74, 6) is -0.666. The minimum Gasteiger partial charge on any atom is -0.469 e. The molecule has 0 aliphatic carbocycles. The van der Waals surface area contributed by atoms with Crippen molar-refractivity contribution >= 4 is 23.5 Å². The van der Waals surface area contributed by atoms with E-state index in [-0.39, 0.29) is 24.2 Å². The van der Waals surface area contributed by atoms with Crippen LogP contribution in [0.5, 0.6) is 0 Å². The van der Waals surface area contributed by atoms with E-state index < -0.39 is 0 Å². The Kier molecular flexibility index (Phi) is 6.39. The van der Waals surface area contributed by atoms with Gasteiger partial charge in [0.25, 0.3) is 5.91 Å². The number of hydrogen-bond acceptors (Lipinski definition) is 4. The summed E-state index contributed by atoms with van der Waals surface area (Å²) in [7, 11) is 1.32. The summed E-state index contributed by atoms with van der Waals surface area (Å²) in [4.78, 5) is 35.9. The lowest BCUT2D eigenvalue weighted by Gasteiger charge is -2.20. The maximum Gasteiger partial charge on any atom is 0.307 e. The predicted octanol–water partition coefficient (Wildman–Crippen LogP) is 1.67. The van der Waals surface area contributed by atoms with E-state index in [1.807, 2.05) is 6.92 Å². The molecule has 6 nitrogen and oxygen atoms in total. The van der Waals surface area contributed by atoms with Crippen molar-refractivity contribution < 1.29 is 19.1 Å². The van der Waals surface area contributed by atoms with Crippen molar-refractivity contribution in [3.8, 4) is 0 Å². The first-order valence-corrected chi connectivity index (χ1v) is 6.71. The Morgan fingerprint density at radius 3 is 2.29 bits per heavy atom. The number of rotatable bonds is 6. The van der Waals surface area contributed by atoms with Crippen molar-refractivity contribution in [1.82, 2.24) is 4.90 Å². The zero-order valence-electron chi connectivity index (χ0n) is 12.5. The van der Waals surface area contributed by atoms with Gasteiger partial charge >= 0.3 is 5.97 Å². The van der Waals surface area contributed by atoms with Crippen LogP contribution in [0.3, 0.4) is 0 Å². The van der Waals surface area contributed by atoms with Crippen LogP contribution < -0.4 is 5.32 Å². The van der Waals surface area contributed by atoms with Crippen molar-refractivity contribution in [3.05, 3.63) is 29.8 Å². The van der Waals surface area contributed by atoms with Crippen LogP contribution in [-0.2, 0) is 14.3 Å². The summed E-state index contributed by atoms with van der Waals surface area (Å²) in [5, 5.41) is 2.64. The van der Waals surface area contributed by atoms with Gasteiger partial charge in [0.05, 0.1) is 13.5 Å². The minimum absolute atomic E-state index is 0.157. The topological polar surface area (TPSA) is 75.7 Å². The number of methoxy groups -OCH3 is 1. The highest BCUT2D eigenvalue weighted by Gasteiger charge is 2.15. The molecule has 0 unspecified atom stereocenters. The van der Waals surface area contributed by atoms with Crippen molar-refractivity contribution in [2.24, 2.45) is 0 Å². The predicted molar refractivity (Wildman–Crippen MR) is 79.0 cm³/mol. The van der Waals surface area contributed by atoms with Crippen LogP contribution in [0.25, 0.3) is 0 Å². The van der Waals surface area contributed by atoms with Crippen LogP contribution >= 0.6 is 0 Å². The molecule has 0 fully saturated rings. The monoisotopic (exact) mass is 292 g/mol. The molecule has 1 aromatic rings. The summed E-state index contributed by atoms with van der Waals surface area (Å²) in [6.45, 7) is 4.09. The zero-order chi connectivity index (χ0) is 15.8. The van der Waals surface area contributed by atoms with E-state index in [1.165, 1.54) is 14.0 Å². The van der Waals surface area contributed by atoms with Crippen LogP contribution in [0.4, 0.5) is 5.69 Å². The second-order valence-electron chi connectivity index (χ2n) is 4.47. The van der Waals surface area contributed by atoms with Crippen molar-refractivity contribution in [2.45, 2.75) is 20.3 Å². The summed E-state index contributed by atoms with van der Waals surface area (Å²) < 4.78 is 4.57. The van der Waals surface area contributed by atoms with Crippen LogP contribution in [-0.4, -0.2) is 42.9 Å². The Morgan fingerprint density at radius 1 is 1.19 bits per heavy atom. The molecule has 0 aliphatic rings. The fourth-order valence-corrected chi connectivity index (χ4v) is 1.81. The van der Waals surface area contributed by atoms with E-state index in [0.717, 1.165) is 0 Å². The highest BCUT2D eigenvalue weighted by molar-refractivity contribution is 5.95. The average molecular weight is 292 g/mol. The van der Waals surface area contributed by atoms with E-state index in [9.17, 15) is 14.4 Å². The second kappa shape index (κ2) is 8.04. The van der Waals surface area contributed by atoms with Gasteiger partial charge < -0.3 is 15.0 Å². The molecule has 21 heavy (non-hydrogen) atoms. The molecule has 2 amide bonds. The average Bonchev–Trinajstić information content (AvgIpc) is 2.47. The van der Waals surface area contributed by atoms with E-state index in [4.69, 9.17) is 0 Å². The number of benzene rings is 1. The Balaban J connectivity index is 2.71. The van der Waals surface area contributed by atoms with Gasteiger partial charge in [-0.25, -0.2) is 0 Å². The highest BCUT2D eigenvalue weighted by Crippen LogP contribution is 2.12. The third-order valence-electron chi connectivity index (χ3n) is 2.93. The summed E-state index contributed by atoms with van der Waals surface area (Å²) >= 11 is 0. The molecule has 114 valence electrons. The van der Waals surface area contributed by atoms with Gasteiger partial charge in [-0.3, -0.25) is 14.4 Å². The largest absolute Gasteiger partial charge is 0.469 e. The molecule has 1 aromatic carbocycles. The van der Waals surface area contributed by atoms with Crippen LogP contribution in [0.1, 0.15) is 30.6 Å². The Bertz CT molecular complexity index is 511. The minimum atomic E-state index is -0.345. The molecular formula is C15H20N2O4. The molecule has 0 atom stereocenters. The summed E-state index contributed by atoms with van der Waals surface area (Å²) in [5.41, 5.74) is 1.15. The lowest BCUT2D eigenvalue weighted by Crippen LogP contribution is -2.33. The van der Waals surface area contributed by atoms with Gasteiger partial charge in [-0.05, 0) is 31.2 Å². The number of hydrogen-bond donors (Lipinski definition) is 1. The van der Waals surface area contributed by atoms with Gasteiger partial charge in [-0.15, -0.1) is 0 Å². The number of carbonyl (C=O) groups excluding carboxylic acids is 3. The maximum absolute atomic E-state index is 12.3. The molecule has 0 aromatic heterocycles. The molecule has 0 aliphatic heterocycles. The number of anilines is 1. The third-order valence-corrected chi connectivity index (χ3v) is 2.93. The Hall–Kier alpha value is -2.37. The smallest absolute Gasteiger partial charge is 0.307 e. The molecule has 1 N–H and O–H groups in total. The third kappa shape index (κ3) is 5.25. The number of esters is 1. The van der Waals surface area contributed by atoms with Crippen LogP contribution in [0.15, 0.2) is 24.3 Å². The fourth-order valence-electron chi connectivity index (χ4n) is 1.81. The van der Waals surface area contributed by atoms with Gasteiger partial charge in [0, 0.05) is 31.3 Å². The molecule has 0 radical (unpaired) electrons. The lowest BCUT2D eigenvalue weighted by atomic mass is 10.1. The number of amides is 2. The van der Waals surface area contributed by atoms with Crippen molar-refractivity contribution in [3.63, 3.8) is 0 Å². The number of ether oxygens (including phenoxy) is 1. The highest BCUT2D eigenvalue weighted by atomic mass is 16.5. The Morgan fingerprint density at radius 2 is 1.81 bits per heavy atom. The van der Waals surface area contributed by atoms with E-state index in [0.29, 0.717) is 24.3 Å². The lowest BCUT2D eigenvalue weighted by molar-refractivity contribution is -0.140. The first-order valence-electron chi connectivity index (χ1n) is 6.71. The number of nitrogens with one attached hydrogen (secondary N) is 1. The Labute approximate surface area is 124 Å². The van der Waals surface area contributed by atoms with E-state index in [1.54, 1.807) is 29.2 Å². The normalized spacial score (nSPS) is 9.86. The molecular weight excluding hydrogens is 272 g/mol. The molecule has 0 saturated heterocycles. The van der Waals surface area contributed by atoms with Crippen LogP contribution in [0.2, 0.25) is 0 Å². The van der Waals surface area contributed by atoms with E-state index >= 15 is 0 Å². The summed E-state index contributed by atoms with van der Waals surface area (Å²) in [6, 6.07) is 6.63. The number of nitrogens with zero attached hydrogens (tertiary/aromatic N) is 1. The molecule has 0 spiro atoms. The number of carbonyl (C=O) groups is 3. The first-order chi connectivity index (χ1) is 9.97.